The van der Waals surface area contributed by atoms with Gasteiger partial charge in [0.05, 0.1) is 23.9 Å². The largest absolute Gasteiger partial charge is 0.465 e. The quantitative estimate of drug-likeness (QED) is 0.217. The number of hydrogen-bond donors (Lipinski definition) is 1. The number of fused-ring (bicyclic) bond motifs is 1. The van der Waals surface area contributed by atoms with Gasteiger partial charge in [-0.3, -0.25) is 4.79 Å². The van der Waals surface area contributed by atoms with E-state index >= 15 is 0 Å². The molecule has 37 heavy (non-hydrogen) atoms. The predicted molar refractivity (Wildman–Crippen MR) is 153 cm³/mol. The fourth-order valence-electron chi connectivity index (χ4n) is 4.35. The number of carbonyl (C=O) groups is 2. The highest BCUT2D eigenvalue weighted by atomic mass is 79.9. The number of halogens is 1. The van der Waals surface area contributed by atoms with E-state index in [2.05, 4.69) is 21.2 Å². The van der Waals surface area contributed by atoms with Crippen LogP contribution in [-0.4, -0.2) is 24.0 Å². The lowest BCUT2D eigenvalue weighted by atomic mass is 9.96. The lowest BCUT2D eigenvalue weighted by Crippen LogP contribution is -2.17. The molecule has 0 atom stereocenters. The zero-order chi connectivity index (χ0) is 26.1. The topological polar surface area (TPSA) is 68.3 Å². The van der Waals surface area contributed by atoms with Crippen molar-refractivity contribution in [3.05, 3.63) is 105 Å². The van der Waals surface area contributed by atoms with Gasteiger partial charge < -0.3 is 10.1 Å². The highest BCUT2D eigenvalue weighted by Crippen LogP contribution is 2.38. The van der Waals surface area contributed by atoms with Crippen LogP contribution in [0.5, 0.6) is 0 Å². The number of pyridine rings is 1. The minimum atomic E-state index is -0.508. The monoisotopic (exact) mass is 570 g/mol. The number of anilines is 1. The third-order valence-electron chi connectivity index (χ3n) is 6.25. The molecule has 7 heteroatoms. The molecular weight excluding hydrogens is 548 g/mol. The summed E-state index contributed by atoms with van der Waals surface area (Å²) in [6.45, 7) is 3.94. The van der Waals surface area contributed by atoms with Crippen molar-refractivity contribution in [2.45, 2.75) is 13.8 Å². The van der Waals surface area contributed by atoms with Crippen LogP contribution in [0.1, 0.15) is 31.8 Å². The molecule has 184 valence electrons. The number of methoxy groups -OCH3 is 1. The molecule has 0 aliphatic heterocycles. The van der Waals surface area contributed by atoms with Crippen LogP contribution in [0.25, 0.3) is 33.3 Å². The van der Waals surface area contributed by atoms with Crippen molar-refractivity contribution in [1.29, 1.82) is 0 Å². The summed E-state index contributed by atoms with van der Waals surface area (Å²) in [5, 5.41) is 6.05. The third-order valence-corrected chi connectivity index (χ3v) is 7.67. The number of nitrogens with one attached hydrogen (secondary N) is 1. The van der Waals surface area contributed by atoms with Gasteiger partial charge in [-0.05, 0) is 43.2 Å². The zero-order valence-corrected chi connectivity index (χ0v) is 22.9. The lowest BCUT2D eigenvalue weighted by molar-refractivity contribution is 0.0603. The summed E-state index contributed by atoms with van der Waals surface area (Å²) in [5.74, 6) is -0.815. The van der Waals surface area contributed by atoms with Crippen molar-refractivity contribution in [3.63, 3.8) is 0 Å². The van der Waals surface area contributed by atoms with Crippen LogP contribution in [0, 0.1) is 13.8 Å². The number of para-hydroxylation sites is 1. The molecule has 5 nitrogen and oxygen atoms in total. The minimum Gasteiger partial charge on any atom is -0.465 e. The molecule has 0 spiro atoms. The Morgan fingerprint density at radius 3 is 2.27 bits per heavy atom. The Kier molecular flexibility index (Phi) is 6.91. The molecule has 1 N–H and O–H groups in total. The number of nitrogens with zero attached hydrogens (tertiary/aromatic N) is 1. The van der Waals surface area contributed by atoms with Crippen LogP contribution in [-0.2, 0) is 4.74 Å². The van der Waals surface area contributed by atoms with Gasteiger partial charge in [0.2, 0.25) is 0 Å². The van der Waals surface area contributed by atoms with Gasteiger partial charge in [0, 0.05) is 26.4 Å². The molecule has 0 aliphatic rings. The zero-order valence-electron chi connectivity index (χ0n) is 20.5. The molecule has 0 fully saturated rings. The lowest BCUT2D eigenvalue weighted by Gasteiger charge is -2.15. The SMILES string of the molecule is COC(=O)c1c(-c2ccc(Br)cc2)csc1NC(=O)c1c(C)c(-c2ccc(C)cc2)nc2ccccc12. The molecule has 5 rings (SSSR count). The molecule has 0 unspecified atom stereocenters. The highest BCUT2D eigenvalue weighted by molar-refractivity contribution is 9.10. The van der Waals surface area contributed by atoms with Crippen molar-refractivity contribution in [1.82, 2.24) is 4.98 Å². The Morgan fingerprint density at radius 1 is 0.892 bits per heavy atom. The number of ether oxygens (including phenoxy) is 1. The Bertz CT molecular complexity index is 1640. The normalized spacial score (nSPS) is 10.9. The Morgan fingerprint density at radius 2 is 1.57 bits per heavy atom. The summed E-state index contributed by atoms with van der Waals surface area (Å²) < 4.78 is 6.02. The average Bonchev–Trinajstić information content (AvgIpc) is 3.32. The first-order valence-corrected chi connectivity index (χ1v) is 13.3. The molecule has 2 aromatic heterocycles. The van der Waals surface area contributed by atoms with Crippen LogP contribution < -0.4 is 5.32 Å². The molecular formula is C30H23BrN2O3S. The molecule has 0 aliphatic carbocycles. The van der Waals surface area contributed by atoms with E-state index in [4.69, 9.17) is 9.72 Å². The van der Waals surface area contributed by atoms with Gasteiger partial charge >= 0.3 is 5.97 Å². The van der Waals surface area contributed by atoms with Crippen LogP contribution in [0.2, 0.25) is 0 Å². The molecule has 2 heterocycles. The molecule has 0 saturated carbocycles. The second-order valence-corrected chi connectivity index (χ2v) is 10.4. The molecule has 5 aromatic rings. The van der Waals surface area contributed by atoms with E-state index < -0.39 is 5.97 Å². The first-order chi connectivity index (χ1) is 17.9. The van der Waals surface area contributed by atoms with Gasteiger partial charge in [0.1, 0.15) is 10.6 Å². The number of benzene rings is 3. The Labute approximate surface area is 227 Å². The van der Waals surface area contributed by atoms with Crippen LogP contribution in [0.4, 0.5) is 5.00 Å². The van der Waals surface area contributed by atoms with E-state index in [1.54, 1.807) is 0 Å². The first kappa shape index (κ1) is 24.9. The summed E-state index contributed by atoms with van der Waals surface area (Å²) in [6.07, 6.45) is 0. The predicted octanol–water partition coefficient (Wildman–Crippen LogP) is 8.05. The van der Waals surface area contributed by atoms with Crippen LogP contribution >= 0.6 is 27.3 Å². The van der Waals surface area contributed by atoms with Crippen molar-refractivity contribution in [3.8, 4) is 22.4 Å². The number of aromatic nitrogens is 1. The summed E-state index contributed by atoms with van der Waals surface area (Å²) >= 11 is 4.74. The fourth-order valence-corrected chi connectivity index (χ4v) is 5.57. The first-order valence-electron chi connectivity index (χ1n) is 11.6. The van der Waals surface area contributed by atoms with E-state index in [0.29, 0.717) is 21.7 Å². The minimum absolute atomic E-state index is 0.307. The summed E-state index contributed by atoms with van der Waals surface area (Å²) in [7, 11) is 1.34. The van der Waals surface area contributed by atoms with Crippen molar-refractivity contribution >= 4 is 55.0 Å². The summed E-state index contributed by atoms with van der Waals surface area (Å²) in [6, 6.07) is 23.3. The van der Waals surface area contributed by atoms with E-state index in [1.807, 2.05) is 92.0 Å². The molecule has 0 saturated heterocycles. The highest BCUT2D eigenvalue weighted by Gasteiger charge is 2.25. The van der Waals surface area contributed by atoms with Gasteiger partial charge in [-0.1, -0.05) is 76.1 Å². The van der Waals surface area contributed by atoms with Crippen LogP contribution in [0.15, 0.2) is 82.6 Å². The Balaban J connectivity index is 1.62. The van der Waals surface area contributed by atoms with E-state index in [1.165, 1.54) is 18.4 Å². The van der Waals surface area contributed by atoms with Crippen LogP contribution in [0.3, 0.4) is 0 Å². The van der Waals surface area contributed by atoms with Crippen molar-refractivity contribution in [2.24, 2.45) is 0 Å². The smallest absolute Gasteiger partial charge is 0.341 e. The van der Waals surface area contributed by atoms with E-state index in [9.17, 15) is 9.59 Å². The maximum absolute atomic E-state index is 13.8. The molecule has 0 radical (unpaired) electrons. The summed E-state index contributed by atoms with van der Waals surface area (Å²) in [5.41, 5.74) is 6.74. The third kappa shape index (κ3) is 4.80. The standard InChI is InChI=1S/C30H23BrN2O3S/c1-17-8-10-20(11-9-17)27-18(2)25(22-6-4-5-7-24(22)32-27)28(34)33-29-26(30(35)36-3)23(16-37-29)19-12-14-21(31)15-13-19/h4-16H,1-3H3,(H,33,34). The van der Waals surface area contributed by atoms with Gasteiger partial charge in [0.25, 0.3) is 5.91 Å². The molecule has 3 aromatic carbocycles. The van der Waals surface area contributed by atoms with E-state index in [-0.39, 0.29) is 5.91 Å². The number of esters is 1. The summed E-state index contributed by atoms with van der Waals surface area (Å²) in [4.78, 5) is 31.6. The van der Waals surface area contributed by atoms with Crippen molar-refractivity contribution < 1.29 is 14.3 Å². The Hall–Kier alpha value is -3.81. The van der Waals surface area contributed by atoms with Gasteiger partial charge in [-0.25, -0.2) is 9.78 Å². The number of amides is 1. The average molecular weight is 571 g/mol. The number of rotatable bonds is 5. The maximum Gasteiger partial charge on any atom is 0.341 e. The molecule has 0 bridgehead atoms. The maximum atomic E-state index is 13.8. The number of hydrogen-bond acceptors (Lipinski definition) is 5. The van der Waals surface area contributed by atoms with Crippen molar-refractivity contribution in [2.75, 3.05) is 12.4 Å². The number of carbonyl (C=O) groups excluding carboxylic acids is 2. The number of thiophene rings is 1. The van der Waals surface area contributed by atoms with Gasteiger partial charge in [-0.2, -0.15) is 0 Å². The van der Waals surface area contributed by atoms with Gasteiger partial charge in [0.15, 0.2) is 0 Å². The van der Waals surface area contributed by atoms with Gasteiger partial charge in [-0.15, -0.1) is 11.3 Å². The fraction of sp³-hybridized carbons (Fsp3) is 0.100. The molecule has 1 amide bonds. The number of aryl methyl sites for hydroxylation is 1. The second kappa shape index (κ2) is 10.3. The van der Waals surface area contributed by atoms with E-state index in [0.717, 1.165) is 43.3 Å². The second-order valence-electron chi connectivity index (χ2n) is 8.65.